The van der Waals surface area contributed by atoms with Crippen molar-refractivity contribution in [3.05, 3.63) is 29.3 Å². The van der Waals surface area contributed by atoms with Crippen molar-refractivity contribution in [1.29, 1.82) is 0 Å². The van der Waals surface area contributed by atoms with Crippen molar-refractivity contribution in [3.8, 4) is 0 Å². The molecule has 1 aromatic carbocycles. The Morgan fingerprint density at radius 2 is 2.11 bits per heavy atom. The second-order valence-electron chi connectivity index (χ2n) is 4.63. The molecule has 4 nitrogen and oxygen atoms in total. The first kappa shape index (κ1) is 14.4. The van der Waals surface area contributed by atoms with Crippen molar-refractivity contribution in [3.63, 3.8) is 0 Å². The first-order valence-corrected chi connectivity index (χ1v) is 6.39. The van der Waals surface area contributed by atoms with Crippen LogP contribution in [0.5, 0.6) is 0 Å². The van der Waals surface area contributed by atoms with E-state index < -0.39 is 0 Å². The van der Waals surface area contributed by atoms with Gasteiger partial charge in [-0.2, -0.15) is 0 Å². The summed E-state index contributed by atoms with van der Waals surface area (Å²) in [5.41, 5.74) is 8.67. The fourth-order valence-corrected chi connectivity index (χ4v) is 1.95. The van der Waals surface area contributed by atoms with Crippen LogP contribution in [-0.2, 0) is 0 Å². The van der Waals surface area contributed by atoms with Crippen molar-refractivity contribution in [2.75, 3.05) is 18.5 Å². The number of anilines is 1. The summed E-state index contributed by atoms with van der Waals surface area (Å²) in [5, 5.41) is 11.9. The van der Waals surface area contributed by atoms with E-state index in [0.717, 1.165) is 24.2 Å². The van der Waals surface area contributed by atoms with Gasteiger partial charge in [-0.05, 0) is 31.0 Å². The maximum absolute atomic E-state index is 8.82. The molecule has 0 saturated heterocycles. The molecule has 0 radical (unpaired) electrons. The normalized spacial score (nSPS) is 11.6. The van der Waals surface area contributed by atoms with E-state index in [2.05, 4.69) is 23.0 Å². The molecule has 18 heavy (non-hydrogen) atoms. The van der Waals surface area contributed by atoms with Gasteiger partial charge in [0.2, 0.25) is 0 Å². The van der Waals surface area contributed by atoms with Crippen LogP contribution in [0.15, 0.2) is 23.4 Å². The van der Waals surface area contributed by atoms with E-state index in [4.69, 9.17) is 10.9 Å². The average molecular weight is 249 g/mol. The SMILES string of the molecule is CCCCCN(C)c1cc(C)ccc1C(N)=NO. The first-order valence-electron chi connectivity index (χ1n) is 6.39. The van der Waals surface area contributed by atoms with Crippen LogP contribution in [0, 0.1) is 6.92 Å². The van der Waals surface area contributed by atoms with Crippen molar-refractivity contribution < 1.29 is 5.21 Å². The monoisotopic (exact) mass is 249 g/mol. The van der Waals surface area contributed by atoms with Gasteiger partial charge in [-0.15, -0.1) is 0 Å². The standard InChI is InChI=1S/C14H23N3O/c1-4-5-6-9-17(3)13-10-11(2)7-8-12(13)14(15)16-18/h7-8,10,18H,4-6,9H2,1-3H3,(H2,15,16). The predicted octanol–water partition coefficient (Wildman–Crippen LogP) is 2.72. The number of aryl methyl sites for hydroxylation is 1. The number of oxime groups is 1. The lowest BCUT2D eigenvalue weighted by atomic mass is 10.1. The zero-order valence-corrected chi connectivity index (χ0v) is 11.5. The maximum Gasteiger partial charge on any atom is 0.172 e. The molecule has 3 N–H and O–H groups in total. The molecule has 0 unspecified atom stereocenters. The van der Waals surface area contributed by atoms with E-state index in [-0.39, 0.29) is 5.84 Å². The summed E-state index contributed by atoms with van der Waals surface area (Å²) in [5.74, 6) is 0.160. The number of amidine groups is 1. The molecule has 0 bridgehead atoms. The molecule has 0 aromatic heterocycles. The number of rotatable bonds is 6. The number of hydrogen-bond donors (Lipinski definition) is 2. The van der Waals surface area contributed by atoms with Gasteiger partial charge in [0, 0.05) is 24.8 Å². The minimum Gasteiger partial charge on any atom is -0.409 e. The molecule has 0 fully saturated rings. The second kappa shape index (κ2) is 6.89. The third kappa shape index (κ3) is 3.65. The van der Waals surface area contributed by atoms with Crippen LogP contribution in [0.25, 0.3) is 0 Å². The van der Waals surface area contributed by atoms with Crippen LogP contribution in [0.1, 0.15) is 37.3 Å². The summed E-state index contributed by atoms with van der Waals surface area (Å²) < 4.78 is 0. The lowest BCUT2D eigenvalue weighted by Crippen LogP contribution is -2.24. The summed E-state index contributed by atoms with van der Waals surface area (Å²) in [6.45, 7) is 5.21. The van der Waals surface area contributed by atoms with Crippen LogP contribution >= 0.6 is 0 Å². The molecule has 1 rings (SSSR count). The zero-order chi connectivity index (χ0) is 13.5. The van der Waals surface area contributed by atoms with Crippen molar-refractivity contribution in [2.45, 2.75) is 33.1 Å². The fraction of sp³-hybridized carbons (Fsp3) is 0.500. The largest absolute Gasteiger partial charge is 0.409 e. The fourth-order valence-electron chi connectivity index (χ4n) is 1.95. The van der Waals surface area contributed by atoms with E-state index in [1.807, 2.05) is 26.1 Å². The molecule has 100 valence electrons. The third-order valence-electron chi connectivity index (χ3n) is 3.05. The summed E-state index contributed by atoms with van der Waals surface area (Å²) in [6.07, 6.45) is 3.57. The Morgan fingerprint density at radius 3 is 2.72 bits per heavy atom. The topological polar surface area (TPSA) is 61.8 Å². The van der Waals surface area contributed by atoms with Crippen molar-refractivity contribution in [1.82, 2.24) is 0 Å². The molecule has 0 spiro atoms. The molecular formula is C14H23N3O. The average Bonchev–Trinajstić information content (AvgIpc) is 2.38. The van der Waals surface area contributed by atoms with E-state index in [9.17, 15) is 0 Å². The van der Waals surface area contributed by atoms with Gasteiger partial charge in [0.15, 0.2) is 5.84 Å². The van der Waals surface area contributed by atoms with Crippen molar-refractivity contribution >= 4 is 11.5 Å². The van der Waals surface area contributed by atoms with Crippen LogP contribution in [0.2, 0.25) is 0 Å². The minimum absolute atomic E-state index is 0.160. The molecule has 0 aliphatic rings. The summed E-state index contributed by atoms with van der Waals surface area (Å²) in [7, 11) is 2.04. The van der Waals surface area contributed by atoms with Gasteiger partial charge in [0.1, 0.15) is 0 Å². The highest BCUT2D eigenvalue weighted by Gasteiger charge is 2.11. The lowest BCUT2D eigenvalue weighted by molar-refractivity contribution is 0.318. The minimum atomic E-state index is 0.160. The zero-order valence-electron chi connectivity index (χ0n) is 11.5. The van der Waals surface area contributed by atoms with Gasteiger partial charge < -0.3 is 15.8 Å². The maximum atomic E-state index is 8.82. The Kier molecular flexibility index (Phi) is 5.49. The molecular weight excluding hydrogens is 226 g/mol. The molecule has 0 aliphatic carbocycles. The molecule has 0 saturated carbocycles. The highest BCUT2D eigenvalue weighted by molar-refractivity contribution is 6.02. The molecule has 1 aromatic rings. The molecule has 4 heteroatoms. The molecule has 0 atom stereocenters. The van der Waals surface area contributed by atoms with Gasteiger partial charge in [0.25, 0.3) is 0 Å². The summed E-state index contributed by atoms with van der Waals surface area (Å²) in [6, 6.07) is 5.94. The van der Waals surface area contributed by atoms with Crippen LogP contribution < -0.4 is 10.6 Å². The highest BCUT2D eigenvalue weighted by Crippen LogP contribution is 2.21. The van der Waals surface area contributed by atoms with Gasteiger partial charge in [-0.25, -0.2) is 0 Å². The van der Waals surface area contributed by atoms with E-state index in [0.29, 0.717) is 0 Å². The van der Waals surface area contributed by atoms with Crippen LogP contribution in [0.4, 0.5) is 5.69 Å². The van der Waals surface area contributed by atoms with Gasteiger partial charge in [-0.1, -0.05) is 31.0 Å². The Hall–Kier alpha value is -1.71. The molecule has 0 amide bonds. The van der Waals surface area contributed by atoms with Gasteiger partial charge in [-0.3, -0.25) is 0 Å². The smallest absolute Gasteiger partial charge is 0.172 e. The number of nitrogens with zero attached hydrogens (tertiary/aromatic N) is 2. The van der Waals surface area contributed by atoms with Gasteiger partial charge >= 0.3 is 0 Å². The van der Waals surface area contributed by atoms with Crippen LogP contribution in [-0.4, -0.2) is 24.6 Å². The lowest BCUT2D eigenvalue weighted by Gasteiger charge is -2.22. The number of hydrogen-bond acceptors (Lipinski definition) is 3. The third-order valence-corrected chi connectivity index (χ3v) is 3.05. The molecule has 0 aliphatic heterocycles. The highest BCUT2D eigenvalue weighted by atomic mass is 16.4. The van der Waals surface area contributed by atoms with E-state index >= 15 is 0 Å². The number of benzene rings is 1. The quantitative estimate of drug-likeness (QED) is 0.268. The molecule has 0 heterocycles. The number of unbranched alkanes of at least 4 members (excludes halogenated alkanes) is 2. The van der Waals surface area contributed by atoms with Crippen molar-refractivity contribution in [2.24, 2.45) is 10.9 Å². The van der Waals surface area contributed by atoms with E-state index in [1.54, 1.807) is 0 Å². The summed E-state index contributed by atoms with van der Waals surface area (Å²) >= 11 is 0. The van der Waals surface area contributed by atoms with Gasteiger partial charge in [0.05, 0.1) is 0 Å². The Labute approximate surface area is 109 Å². The first-order chi connectivity index (χ1) is 8.60. The van der Waals surface area contributed by atoms with E-state index in [1.165, 1.54) is 18.4 Å². The predicted molar refractivity (Wildman–Crippen MR) is 76.5 cm³/mol. The second-order valence-corrected chi connectivity index (χ2v) is 4.63. The van der Waals surface area contributed by atoms with Crippen LogP contribution in [0.3, 0.4) is 0 Å². The Balaban J connectivity index is 2.94. The number of nitrogens with two attached hydrogens (primary N) is 1. The summed E-state index contributed by atoms with van der Waals surface area (Å²) in [4.78, 5) is 2.16. The Morgan fingerprint density at radius 1 is 1.39 bits per heavy atom. The Bertz CT molecular complexity index is 416.